The van der Waals surface area contributed by atoms with Crippen molar-refractivity contribution in [1.29, 1.82) is 0 Å². The van der Waals surface area contributed by atoms with Crippen LogP contribution >= 0.6 is 0 Å². The summed E-state index contributed by atoms with van der Waals surface area (Å²) in [5.74, 6) is 0.202. The Balaban J connectivity index is 1.87. The van der Waals surface area contributed by atoms with E-state index >= 15 is 0 Å². The van der Waals surface area contributed by atoms with E-state index in [4.69, 9.17) is 14.2 Å². The number of hydrogen-bond donors (Lipinski definition) is 1. The van der Waals surface area contributed by atoms with Gasteiger partial charge in [-0.25, -0.2) is 0 Å². The molecule has 1 saturated heterocycles. The second kappa shape index (κ2) is 11.4. The molecule has 1 unspecified atom stereocenters. The van der Waals surface area contributed by atoms with E-state index in [0.29, 0.717) is 47.3 Å². The fraction of sp³-hybridized carbons (Fsp3) is 0.290. The lowest BCUT2D eigenvalue weighted by Gasteiger charge is -2.26. The highest BCUT2D eigenvalue weighted by Crippen LogP contribution is 2.43. The van der Waals surface area contributed by atoms with Gasteiger partial charge in [0.2, 0.25) is 0 Å². The lowest BCUT2D eigenvalue weighted by atomic mass is 9.94. The Hall–Kier alpha value is -4.26. The van der Waals surface area contributed by atoms with Crippen LogP contribution in [0, 0.1) is 6.92 Å². The Bertz CT molecular complexity index is 1360. The lowest BCUT2D eigenvalue weighted by Crippen LogP contribution is -2.29. The number of anilines is 1. The summed E-state index contributed by atoms with van der Waals surface area (Å²) in [5.41, 5.74) is 2.40. The van der Waals surface area contributed by atoms with Gasteiger partial charge in [0.1, 0.15) is 23.0 Å². The first kappa shape index (κ1) is 26.8. The molecule has 7 heteroatoms. The molecule has 0 bridgehead atoms. The molecule has 0 spiro atoms. The van der Waals surface area contributed by atoms with Gasteiger partial charge in [0, 0.05) is 17.3 Å². The van der Waals surface area contributed by atoms with Crippen molar-refractivity contribution in [1.82, 2.24) is 0 Å². The summed E-state index contributed by atoms with van der Waals surface area (Å²) in [7, 11) is 0. The maximum absolute atomic E-state index is 13.5. The Morgan fingerprint density at radius 3 is 2.26 bits per heavy atom. The van der Waals surface area contributed by atoms with Crippen LogP contribution < -0.4 is 19.1 Å². The van der Waals surface area contributed by atoms with Crippen LogP contribution in [0.25, 0.3) is 5.76 Å². The molecule has 7 nitrogen and oxygen atoms in total. The molecule has 0 aromatic heterocycles. The molecule has 0 saturated carbocycles. The monoisotopic (exact) mass is 515 g/mol. The summed E-state index contributed by atoms with van der Waals surface area (Å²) in [5, 5.41) is 11.5. The van der Waals surface area contributed by atoms with E-state index in [2.05, 4.69) is 0 Å². The molecular formula is C31H33NO6. The van der Waals surface area contributed by atoms with Gasteiger partial charge in [-0.15, -0.1) is 0 Å². The first-order valence-electron chi connectivity index (χ1n) is 12.8. The van der Waals surface area contributed by atoms with Crippen molar-refractivity contribution in [2.24, 2.45) is 0 Å². The molecule has 198 valence electrons. The van der Waals surface area contributed by atoms with E-state index in [1.807, 2.05) is 46.8 Å². The summed E-state index contributed by atoms with van der Waals surface area (Å²) < 4.78 is 17.0. The molecule has 1 heterocycles. The number of nitrogens with zero attached hydrogens (tertiary/aromatic N) is 1. The number of rotatable bonds is 9. The zero-order valence-electron chi connectivity index (χ0n) is 22.4. The molecule has 1 N–H and O–H groups in total. The van der Waals surface area contributed by atoms with E-state index in [-0.39, 0.29) is 17.4 Å². The summed E-state index contributed by atoms with van der Waals surface area (Å²) in [6.45, 7) is 10.5. The van der Waals surface area contributed by atoms with Crippen molar-refractivity contribution in [2.75, 3.05) is 18.1 Å². The Kier molecular flexibility index (Phi) is 8.05. The van der Waals surface area contributed by atoms with Gasteiger partial charge in [0.15, 0.2) is 0 Å². The van der Waals surface area contributed by atoms with E-state index in [0.717, 1.165) is 5.56 Å². The van der Waals surface area contributed by atoms with Gasteiger partial charge in [-0.3, -0.25) is 14.5 Å². The molecule has 3 aromatic rings. The summed E-state index contributed by atoms with van der Waals surface area (Å²) in [6.07, 6.45) is -0.00399. The Morgan fingerprint density at radius 2 is 1.63 bits per heavy atom. The number of hydrogen-bond acceptors (Lipinski definition) is 6. The average molecular weight is 516 g/mol. The molecule has 1 atom stereocenters. The largest absolute Gasteiger partial charge is 0.507 e. The van der Waals surface area contributed by atoms with E-state index in [1.54, 1.807) is 54.6 Å². The van der Waals surface area contributed by atoms with Gasteiger partial charge in [-0.1, -0.05) is 18.2 Å². The molecule has 0 radical (unpaired) electrons. The minimum absolute atomic E-state index is 0.00399. The zero-order chi connectivity index (χ0) is 27.4. The maximum Gasteiger partial charge on any atom is 0.300 e. The number of carbonyl (C=O) groups excluding carboxylic acids is 2. The minimum Gasteiger partial charge on any atom is -0.507 e. The second-order valence-electron chi connectivity index (χ2n) is 9.25. The van der Waals surface area contributed by atoms with Crippen molar-refractivity contribution in [3.05, 3.63) is 89.0 Å². The molecule has 0 aliphatic carbocycles. The van der Waals surface area contributed by atoms with Gasteiger partial charge in [-0.05, 0) is 88.2 Å². The predicted octanol–water partition coefficient (Wildman–Crippen LogP) is 6.21. The number of ether oxygens (including phenoxy) is 3. The topological polar surface area (TPSA) is 85.3 Å². The van der Waals surface area contributed by atoms with E-state index in [1.165, 1.54) is 4.90 Å². The number of aliphatic hydroxyl groups excluding tert-OH is 1. The quantitative estimate of drug-likeness (QED) is 0.207. The van der Waals surface area contributed by atoms with Gasteiger partial charge in [0.05, 0.1) is 30.9 Å². The standard InChI is InChI=1S/C31H33NO6/c1-6-36-25-10-8-9-23(18-25)32-28(21-11-14-24(15-12-21)38-19(3)4)27(30(34)31(32)35)29(33)22-13-16-26(37-7-2)20(5)17-22/h8-19,28,33H,6-7H2,1-5H3/b29-27+. The lowest BCUT2D eigenvalue weighted by molar-refractivity contribution is -0.132. The van der Waals surface area contributed by atoms with Crippen molar-refractivity contribution >= 4 is 23.1 Å². The average Bonchev–Trinajstić information content (AvgIpc) is 3.15. The van der Waals surface area contributed by atoms with Crippen molar-refractivity contribution in [2.45, 2.75) is 46.8 Å². The normalized spacial score (nSPS) is 16.7. The highest BCUT2D eigenvalue weighted by Gasteiger charge is 2.47. The Labute approximate surface area is 223 Å². The number of Topliss-reactive ketones (excluding diaryl/α,β-unsaturated/α-hetero) is 1. The van der Waals surface area contributed by atoms with Gasteiger partial charge >= 0.3 is 0 Å². The number of benzene rings is 3. The van der Waals surface area contributed by atoms with Crippen LogP contribution in [0.3, 0.4) is 0 Å². The molecule has 38 heavy (non-hydrogen) atoms. The van der Waals surface area contributed by atoms with Crippen molar-refractivity contribution in [3.63, 3.8) is 0 Å². The van der Waals surface area contributed by atoms with Crippen LogP contribution in [-0.4, -0.2) is 36.1 Å². The molecule has 4 rings (SSSR count). The van der Waals surface area contributed by atoms with Gasteiger partial charge in [0.25, 0.3) is 11.7 Å². The molecular weight excluding hydrogens is 482 g/mol. The zero-order valence-corrected chi connectivity index (χ0v) is 22.4. The summed E-state index contributed by atoms with van der Waals surface area (Å²) >= 11 is 0. The SMILES string of the molecule is CCOc1cccc(N2C(=O)C(=O)/C(=C(/O)c3ccc(OCC)c(C)c3)C2c2ccc(OC(C)C)cc2)c1. The number of aliphatic hydroxyl groups is 1. The third-order valence-corrected chi connectivity index (χ3v) is 6.17. The smallest absolute Gasteiger partial charge is 0.300 e. The summed E-state index contributed by atoms with van der Waals surface area (Å²) in [6, 6.07) is 18.6. The van der Waals surface area contributed by atoms with Gasteiger partial charge < -0.3 is 19.3 Å². The Morgan fingerprint density at radius 1 is 0.921 bits per heavy atom. The molecule has 1 aliphatic heterocycles. The molecule has 3 aromatic carbocycles. The minimum atomic E-state index is -0.855. The highest BCUT2D eigenvalue weighted by molar-refractivity contribution is 6.51. The maximum atomic E-state index is 13.5. The van der Waals surface area contributed by atoms with Crippen LogP contribution in [0.2, 0.25) is 0 Å². The molecule has 1 aliphatic rings. The number of amides is 1. The third-order valence-electron chi connectivity index (χ3n) is 6.17. The number of aryl methyl sites for hydroxylation is 1. The first-order valence-corrected chi connectivity index (χ1v) is 12.8. The first-order chi connectivity index (χ1) is 18.2. The fourth-order valence-corrected chi connectivity index (χ4v) is 4.57. The number of carbonyl (C=O) groups is 2. The van der Waals surface area contributed by atoms with Crippen LogP contribution in [0.15, 0.2) is 72.3 Å². The van der Waals surface area contributed by atoms with Crippen molar-refractivity contribution < 1.29 is 28.9 Å². The summed E-state index contributed by atoms with van der Waals surface area (Å²) in [4.78, 5) is 28.4. The molecule has 1 fully saturated rings. The van der Waals surface area contributed by atoms with Crippen LogP contribution in [0.1, 0.15) is 50.4 Å². The fourth-order valence-electron chi connectivity index (χ4n) is 4.57. The van der Waals surface area contributed by atoms with Gasteiger partial charge in [-0.2, -0.15) is 0 Å². The van der Waals surface area contributed by atoms with E-state index < -0.39 is 17.7 Å². The molecule has 1 amide bonds. The predicted molar refractivity (Wildman–Crippen MR) is 147 cm³/mol. The highest BCUT2D eigenvalue weighted by atomic mass is 16.5. The third kappa shape index (κ3) is 5.37. The second-order valence-corrected chi connectivity index (χ2v) is 9.25. The van der Waals surface area contributed by atoms with Crippen LogP contribution in [0.5, 0.6) is 17.2 Å². The van der Waals surface area contributed by atoms with E-state index in [9.17, 15) is 14.7 Å². The van der Waals surface area contributed by atoms with Crippen LogP contribution in [-0.2, 0) is 9.59 Å². The van der Waals surface area contributed by atoms with Crippen molar-refractivity contribution in [3.8, 4) is 17.2 Å². The van der Waals surface area contributed by atoms with Crippen LogP contribution in [0.4, 0.5) is 5.69 Å². The number of ketones is 1.